The average Bonchev–Trinajstić information content (AvgIpc) is 2.59. The minimum Gasteiger partial charge on any atom is -0.444 e. The first-order valence-corrected chi connectivity index (χ1v) is 7.25. The molecule has 0 saturated carbocycles. The van der Waals surface area contributed by atoms with E-state index in [9.17, 15) is 9.59 Å². The van der Waals surface area contributed by atoms with E-state index in [-0.39, 0.29) is 12.5 Å². The molecule has 0 aromatic carbocycles. The normalized spacial score (nSPS) is 14.4. The molecular weight excluding hydrogens is 256 g/mol. The molecule has 5 heteroatoms. The Hall–Kier alpha value is -1.26. The zero-order valence-electron chi connectivity index (χ0n) is 14.6. The van der Waals surface area contributed by atoms with Gasteiger partial charge in [0, 0.05) is 7.05 Å². The van der Waals surface area contributed by atoms with Crippen LogP contribution in [0.1, 0.15) is 55.4 Å². The Bertz CT molecular complexity index is 293. The Morgan fingerprint density at radius 1 is 1.20 bits per heavy atom. The van der Waals surface area contributed by atoms with Crippen LogP contribution in [-0.2, 0) is 9.53 Å². The molecule has 0 N–H and O–H groups in total. The van der Waals surface area contributed by atoms with Crippen LogP contribution in [0, 0.1) is 5.92 Å². The van der Waals surface area contributed by atoms with E-state index in [2.05, 4.69) is 20.8 Å². The lowest BCUT2D eigenvalue weighted by Crippen LogP contribution is -2.36. The first-order valence-electron chi connectivity index (χ1n) is 7.25. The molecule has 0 radical (unpaired) electrons. The van der Waals surface area contributed by atoms with E-state index in [0.717, 1.165) is 5.92 Å². The van der Waals surface area contributed by atoms with Gasteiger partial charge in [0.15, 0.2) is 0 Å². The summed E-state index contributed by atoms with van der Waals surface area (Å²) in [4.78, 5) is 25.5. The lowest BCUT2D eigenvalue weighted by molar-refractivity contribution is -0.125. The Labute approximate surface area is 124 Å². The maximum absolute atomic E-state index is 11.5. The summed E-state index contributed by atoms with van der Waals surface area (Å²) in [5.74, 6) is 0.774. The highest BCUT2D eigenvalue weighted by Gasteiger charge is 2.31. The van der Waals surface area contributed by atoms with E-state index in [1.807, 2.05) is 13.8 Å². The molecule has 20 heavy (non-hydrogen) atoms. The van der Waals surface area contributed by atoms with Crippen molar-refractivity contribution in [1.29, 1.82) is 0 Å². The van der Waals surface area contributed by atoms with Crippen LogP contribution in [0.2, 0.25) is 0 Å². The summed E-state index contributed by atoms with van der Waals surface area (Å²) in [5.41, 5.74) is -0.513. The minimum absolute atomic E-state index is 0.0594. The standard InChI is InChI=1S/C9H16N2O3.C4H10.C2H6/c1-9(2,3)14-8(13)11-5-7(12)10(4)6-11;1-4(2)3;1-2/h5-6H2,1-4H3;4H,1-3H3;1-2H3. The zero-order chi connectivity index (χ0) is 16.5. The van der Waals surface area contributed by atoms with Crippen LogP contribution >= 0.6 is 0 Å². The molecule has 1 rings (SSSR count). The Kier molecular flexibility index (Phi) is 10.1. The molecule has 0 atom stereocenters. The van der Waals surface area contributed by atoms with Gasteiger partial charge in [0.25, 0.3) is 0 Å². The zero-order valence-corrected chi connectivity index (χ0v) is 14.6. The van der Waals surface area contributed by atoms with Crippen molar-refractivity contribution in [3.8, 4) is 0 Å². The van der Waals surface area contributed by atoms with Gasteiger partial charge >= 0.3 is 6.09 Å². The smallest absolute Gasteiger partial charge is 0.412 e. The summed E-state index contributed by atoms with van der Waals surface area (Å²) < 4.78 is 5.13. The first-order chi connectivity index (χ1) is 9.03. The van der Waals surface area contributed by atoms with E-state index in [1.165, 1.54) is 9.80 Å². The van der Waals surface area contributed by atoms with E-state index in [0.29, 0.717) is 6.67 Å². The van der Waals surface area contributed by atoms with Gasteiger partial charge in [-0.1, -0.05) is 34.6 Å². The fourth-order valence-corrected chi connectivity index (χ4v) is 1.12. The summed E-state index contributed by atoms with van der Waals surface area (Å²) >= 11 is 0. The second-order valence-electron chi connectivity index (χ2n) is 6.14. The van der Waals surface area contributed by atoms with Crippen molar-refractivity contribution in [3.05, 3.63) is 0 Å². The fraction of sp³-hybridized carbons (Fsp3) is 0.867. The van der Waals surface area contributed by atoms with E-state index in [4.69, 9.17) is 4.74 Å². The van der Waals surface area contributed by atoms with E-state index < -0.39 is 11.7 Å². The lowest BCUT2D eigenvalue weighted by atomic mass is 10.2. The van der Waals surface area contributed by atoms with Crippen LogP contribution in [0.4, 0.5) is 4.79 Å². The van der Waals surface area contributed by atoms with Crippen molar-refractivity contribution >= 4 is 12.0 Å². The van der Waals surface area contributed by atoms with Gasteiger partial charge in [0.1, 0.15) is 12.1 Å². The van der Waals surface area contributed by atoms with Crippen molar-refractivity contribution in [1.82, 2.24) is 9.80 Å². The van der Waals surface area contributed by atoms with Crippen molar-refractivity contribution in [2.45, 2.75) is 61.0 Å². The van der Waals surface area contributed by atoms with Gasteiger partial charge in [0.05, 0.1) is 6.67 Å². The van der Waals surface area contributed by atoms with Gasteiger partial charge in [-0.05, 0) is 26.7 Å². The minimum atomic E-state index is -0.513. The molecule has 5 nitrogen and oxygen atoms in total. The molecule has 1 fully saturated rings. The molecule has 0 spiro atoms. The van der Waals surface area contributed by atoms with Gasteiger partial charge in [-0.15, -0.1) is 0 Å². The number of nitrogens with zero attached hydrogens (tertiary/aromatic N) is 2. The molecule has 1 aliphatic rings. The Morgan fingerprint density at radius 2 is 1.60 bits per heavy atom. The summed E-state index contributed by atoms with van der Waals surface area (Å²) in [6.07, 6.45) is -0.435. The first kappa shape index (κ1) is 21.0. The average molecular weight is 288 g/mol. The van der Waals surface area contributed by atoms with Crippen LogP contribution in [0.15, 0.2) is 0 Å². The van der Waals surface area contributed by atoms with Crippen molar-refractivity contribution in [2.24, 2.45) is 5.92 Å². The third-order valence-corrected chi connectivity index (χ3v) is 1.79. The molecule has 2 amide bonds. The molecule has 0 unspecified atom stereocenters. The number of rotatable bonds is 0. The van der Waals surface area contributed by atoms with Crippen molar-refractivity contribution in [2.75, 3.05) is 20.3 Å². The van der Waals surface area contributed by atoms with Crippen molar-refractivity contribution in [3.63, 3.8) is 0 Å². The molecule has 0 bridgehead atoms. The van der Waals surface area contributed by atoms with Crippen LogP contribution in [-0.4, -0.2) is 47.7 Å². The quantitative estimate of drug-likeness (QED) is 0.687. The number of amides is 2. The molecule has 0 aromatic heterocycles. The van der Waals surface area contributed by atoms with E-state index in [1.54, 1.807) is 27.8 Å². The van der Waals surface area contributed by atoms with Gasteiger partial charge in [-0.2, -0.15) is 0 Å². The summed E-state index contributed by atoms with van der Waals surface area (Å²) in [5, 5.41) is 0. The second kappa shape index (κ2) is 9.61. The number of hydrogen-bond acceptors (Lipinski definition) is 3. The van der Waals surface area contributed by atoms with Crippen LogP contribution in [0.5, 0.6) is 0 Å². The molecule has 0 aromatic rings. The molecule has 0 aliphatic carbocycles. The molecule has 1 heterocycles. The molecule has 1 saturated heterocycles. The number of ether oxygens (including phenoxy) is 1. The molecule has 120 valence electrons. The third-order valence-electron chi connectivity index (χ3n) is 1.79. The third kappa shape index (κ3) is 10.6. The number of hydrogen-bond donors (Lipinski definition) is 0. The molecule has 1 aliphatic heterocycles. The summed E-state index contributed by atoms with van der Waals surface area (Å²) in [6, 6.07) is 0. The maximum atomic E-state index is 11.5. The van der Waals surface area contributed by atoms with Gasteiger partial charge in [-0.25, -0.2) is 4.79 Å². The van der Waals surface area contributed by atoms with Gasteiger partial charge in [0.2, 0.25) is 5.91 Å². The Morgan fingerprint density at radius 3 is 1.85 bits per heavy atom. The summed E-state index contributed by atoms with van der Waals surface area (Å²) in [7, 11) is 1.66. The predicted octanol–water partition coefficient (Wildman–Crippen LogP) is 3.34. The van der Waals surface area contributed by atoms with Crippen LogP contribution < -0.4 is 0 Å². The number of carbonyl (C=O) groups excluding carboxylic acids is 2. The fourth-order valence-electron chi connectivity index (χ4n) is 1.12. The van der Waals surface area contributed by atoms with Crippen LogP contribution in [0.25, 0.3) is 0 Å². The highest BCUT2D eigenvalue weighted by atomic mass is 16.6. The maximum Gasteiger partial charge on any atom is 0.412 e. The monoisotopic (exact) mass is 288 g/mol. The number of likely N-dealkylation sites (N-methyl/N-ethyl adjacent to an activating group) is 1. The molecular formula is C15H32N2O3. The van der Waals surface area contributed by atoms with Crippen LogP contribution in [0.3, 0.4) is 0 Å². The van der Waals surface area contributed by atoms with Gasteiger partial charge < -0.3 is 9.64 Å². The van der Waals surface area contributed by atoms with Gasteiger partial charge in [-0.3, -0.25) is 9.69 Å². The number of carbonyl (C=O) groups is 2. The lowest BCUT2D eigenvalue weighted by Gasteiger charge is -2.23. The topological polar surface area (TPSA) is 49.9 Å². The summed E-state index contributed by atoms with van der Waals surface area (Å²) in [6.45, 7) is 16.3. The van der Waals surface area contributed by atoms with E-state index >= 15 is 0 Å². The predicted molar refractivity (Wildman–Crippen MR) is 82.4 cm³/mol. The highest BCUT2D eigenvalue weighted by Crippen LogP contribution is 2.12. The largest absolute Gasteiger partial charge is 0.444 e. The highest BCUT2D eigenvalue weighted by molar-refractivity contribution is 5.85. The SMILES string of the molecule is CC.CC(C)C.CN1CN(C(=O)OC(C)(C)C)CC1=O. The van der Waals surface area contributed by atoms with Crippen molar-refractivity contribution < 1.29 is 14.3 Å². The second-order valence-corrected chi connectivity index (χ2v) is 6.14. The Balaban J connectivity index is 0.